The number of piperidine rings is 1. The first-order chi connectivity index (χ1) is 8.20. The van der Waals surface area contributed by atoms with E-state index in [0.29, 0.717) is 13.1 Å². The van der Waals surface area contributed by atoms with Crippen LogP contribution in [0.25, 0.3) is 0 Å². The van der Waals surface area contributed by atoms with E-state index in [-0.39, 0.29) is 11.9 Å². The number of hydrogen-bond donors (Lipinski definition) is 2. The number of rotatable bonds is 2. The summed E-state index contributed by atoms with van der Waals surface area (Å²) in [6.45, 7) is 1.98. The molecule has 17 heavy (non-hydrogen) atoms. The van der Waals surface area contributed by atoms with Crippen molar-refractivity contribution in [3.8, 4) is 0 Å². The molecular weight excluding hydrogens is 214 g/mol. The highest BCUT2D eigenvalue weighted by Crippen LogP contribution is 2.13. The second-order valence-electron chi connectivity index (χ2n) is 4.55. The number of nitrogens with zero attached hydrogens (tertiary/aromatic N) is 1. The number of carbonyl (C=O) groups is 1. The van der Waals surface area contributed by atoms with Gasteiger partial charge in [-0.2, -0.15) is 0 Å². The normalized spacial score (nSPS) is 20.4. The average molecular weight is 233 g/mol. The van der Waals surface area contributed by atoms with Crippen LogP contribution in [0.2, 0.25) is 0 Å². The van der Waals surface area contributed by atoms with Gasteiger partial charge in [0.25, 0.3) is 5.91 Å². The first kappa shape index (κ1) is 12.1. The fraction of sp³-hybridized carbons (Fsp3) is 0.462. The number of carbonyl (C=O) groups excluding carboxylic acids is 1. The van der Waals surface area contributed by atoms with Crippen LogP contribution in [0.1, 0.15) is 28.8 Å². The molecule has 1 aliphatic heterocycles. The van der Waals surface area contributed by atoms with E-state index in [0.717, 1.165) is 30.5 Å². The fourth-order valence-electron chi connectivity index (χ4n) is 2.16. The molecule has 0 radical (unpaired) electrons. The van der Waals surface area contributed by atoms with E-state index < -0.39 is 0 Å². The molecule has 0 bridgehead atoms. The van der Waals surface area contributed by atoms with Gasteiger partial charge in [-0.3, -0.25) is 4.79 Å². The Bertz CT molecular complexity index is 388. The summed E-state index contributed by atoms with van der Waals surface area (Å²) in [6, 6.07) is 7.60. The van der Waals surface area contributed by atoms with Gasteiger partial charge in [0.15, 0.2) is 0 Å². The molecule has 0 aliphatic carbocycles. The Balaban J connectivity index is 2.07. The summed E-state index contributed by atoms with van der Waals surface area (Å²) in [6.07, 6.45) is 2.00. The van der Waals surface area contributed by atoms with Gasteiger partial charge >= 0.3 is 0 Å². The highest BCUT2D eigenvalue weighted by atomic mass is 16.2. The summed E-state index contributed by atoms with van der Waals surface area (Å²) in [4.78, 5) is 14.0. The van der Waals surface area contributed by atoms with Gasteiger partial charge in [0.2, 0.25) is 0 Å². The zero-order valence-corrected chi connectivity index (χ0v) is 9.93. The monoisotopic (exact) mass is 233 g/mol. The highest BCUT2D eigenvalue weighted by molar-refractivity contribution is 5.94. The Hall–Kier alpha value is -1.39. The maximum absolute atomic E-state index is 12.2. The summed E-state index contributed by atoms with van der Waals surface area (Å²) in [5, 5.41) is 0. The first-order valence-electron chi connectivity index (χ1n) is 6.04. The van der Waals surface area contributed by atoms with Crippen molar-refractivity contribution in [3.63, 3.8) is 0 Å². The Morgan fingerprint density at radius 3 is 2.65 bits per heavy atom. The Labute approximate surface area is 102 Å². The molecule has 2 rings (SSSR count). The van der Waals surface area contributed by atoms with Crippen molar-refractivity contribution in [2.45, 2.75) is 25.4 Å². The SMILES string of the molecule is NCc1ccc(C(=O)N2CCC[C@@H](N)C2)cc1. The molecule has 4 nitrogen and oxygen atoms in total. The smallest absolute Gasteiger partial charge is 0.253 e. The maximum atomic E-state index is 12.2. The van der Waals surface area contributed by atoms with E-state index in [4.69, 9.17) is 11.5 Å². The van der Waals surface area contributed by atoms with E-state index in [1.807, 2.05) is 29.2 Å². The van der Waals surface area contributed by atoms with Crippen LogP contribution in [0.3, 0.4) is 0 Å². The Morgan fingerprint density at radius 1 is 1.35 bits per heavy atom. The van der Waals surface area contributed by atoms with E-state index in [1.54, 1.807) is 0 Å². The molecular formula is C13H19N3O. The summed E-state index contributed by atoms with van der Waals surface area (Å²) < 4.78 is 0. The summed E-state index contributed by atoms with van der Waals surface area (Å²) in [5.41, 5.74) is 13.2. The van der Waals surface area contributed by atoms with Crippen molar-refractivity contribution < 1.29 is 4.79 Å². The average Bonchev–Trinajstić information content (AvgIpc) is 2.38. The second kappa shape index (κ2) is 5.29. The number of likely N-dealkylation sites (tertiary alicyclic amines) is 1. The van der Waals surface area contributed by atoms with Crippen molar-refractivity contribution in [2.24, 2.45) is 11.5 Å². The van der Waals surface area contributed by atoms with Crippen molar-refractivity contribution in [2.75, 3.05) is 13.1 Å². The van der Waals surface area contributed by atoms with Gasteiger partial charge < -0.3 is 16.4 Å². The van der Waals surface area contributed by atoms with Crippen molar-refractivity contribution in [3.05, 3.63) is 35.4 Å². The molecule has 0 spiro atoms. The lowest BCUT2D eigenvalue weighted by Gasteiger charge is -2.30. The Kier molecular flexibility index (Phi) is 3.76. The third kappa shape index (κ3) is 2.84. The van der Waals surface area contributed by atoms with Crippen LogP contribution in [0.15, 0.2) is 24.3 Å². The zero-order chi connectivity index (χ0) is 12.3. The van der Waals surface area contributed by atoms with Crippen LogP contribution in [0.4, 0.5) is 0 Å². The van der Waals surface area contributed by atoms with Gasteiger partial charge in [0.1, 0.15) is 0 Å². The molecule has 0 aromatic heterocycles. The minimum atomic E-state index is 0.0729. The molecule has 4 heteroatoms. The summed E-state index contributed by atoms with van der Waals surface area (Å²) in [5.74, 6) is 0.0729. The molecule has 1 aromatic carbocycles. The zero-order valence-electron chi connectivity index (χ0n) is 9.93. The Morgan fingerprint density at radius 2 is 2.06 bits per heavy atom. The predicted molar refractivity (Wildman–Crippen MR) is 67.4 cm³/mol. The molecule has 1 aromatic rings. The van der Waals surface area contributed by atoms with E-state index in [9.17, 15) is 4.79 Å². The lowest BCUT2D eigenvalue weighted by atomic mass is 10.0. The largest absolute Gasteiger partial charge is 0.337 e. The molecule has 0 saturated carbocycles. The van der Waals surface area contributed by atoms with Gasteiger partial charge in [0.05, 0.1) is 0 Å². The third-order valence-electron chi connectivity index (χ3n) is 3.18. The van der Waals surface area contributed by atoms with Gasteiger partial charge in [-0.15, -0.1) is 0 Å². The van der Waals surface area contributed by atoms with Crippen LogP contribution in [0, 0.1) is 0 Å². The molecule has 1 amide bonds. The van der Waals surface area contributed by atoms with Crippen LogP contribution in [0.5, 0.6) is 0 Å². The van der Waals surface area contributed by atoms with Crippen LogP contribution in [-0.4, -0.2) is 29.9 Å². The van der Waals surface area contributed by atoms with E-state index >= 15 is 0 Å². The molecule has 1 saturated heterocycles. The van der Waals surface area contributed by atoms with Crippen molar-refractivity contribution >= 4 is 5.91 Å². The second-order valence-corrected chi connectivity index (χ2v) is 4.55. The molecule has 0 unspecified atom stereocenters. The van der Waals surface area contributed by atoms with Gasteiger partial charge in [-0.25, -0.2) is 0 Å². The van der Waals surface area contributed by atoms with Crippen LogP contribution < -0.4 is 11.5 Å². The topological polar surface area (TPSA) is 72.4 Å². The highest BCUT2D eigenvalue weighted by Gasteiger charge is 2.21. The molecule has 4 N–H and O–H groups in total. The summed E-state index contributed by atoms with van der Waals surface area (Å²) >= 11 is 0. The molecule has 1 aliphatic rings. The summed E-state index contributed by atoms with van der Waals surface area (Å²) in [7, 11) is 0. The molecule has 1 heterocycles. The van der Waals surface area contributed by atoms with Gasteiger partial charge in [0, 0.05) is 31.2 Å². The van der Waals surface area contributed by atoms with Crippen molar-refractivity contribution in [1.29, 1.82) is 0 Å². The molecule has 92 valence electrons. The minimum absolute atomic E-state index is 0.0729. The first-order valence-corrected chi connectivity index (χ1v) is 6.04. The third-order valence-corrected chi connectivity index (χ3v) is 3.18. The van der Waals surface area contributed by atoms with Crippen molar-refractivity contribution in [1.82, 2.24) is 4.90 Å². The number of hydrogen-bond acceptors (Lipinski definition) is 3. The van der Waals surface area contributed by atoms with Crippen LogP contribution >= 0.6 is 0 Å². The van der Waals surface area contributed by atoms with E-state index in [2.05, 4.69) is 0 Å². The minimum Gasteiger partial charge on any atom is -0.337 e. The maximum Gasteiger partial charge on any atom is 0.253 e. The molecule has 1 atom stereocenters. The van der Waals surface area contributed by atoms with Crippen LogP contribution in [-0.2, 0) is 6.54 Å². The predicted octanol–water partition coefficient (Wildman–Crippen LogP) is 0.709. The fourth-order valence-corrected chi connectivity index (χ4v) is 2.16. The quantitative estimate of drug-likeness (QED) is 0.790. The lowest BCUT2D eigenvalue weighted by Crippen LogP contribution is -2.45. The van der Waals surface area contributed by atoms with Gasteiger partial charge in [-0.1, -0.05) is 12.1 Å². The molecule has 1 fully saturated rings. The van der Waals surface area contributed by atoms with E-state index in [1.165, 1.54) is 0 Å². The number of nitrogens with two attached hydrogens (primary N) is 2. The number of benzene rings is 1. The standard InChI is InChI=1S/C13H19N3O/c14-8-10-3-5-11(6-4-10)13(17)16-7-1-2-12(15)9-16/h3-6,12H,1-2,7-9,14-15H2/t12-/m1/s1. The number of amides is 1. The lowest BCUT2D eigenvalue weighted by molar-refractivity contribution is 0.0709. The van der Waals surface area contributed by atoms with Gasteiger partial charge in [-0.05, 0) is 30.5 Å².